The molecule has 242 valence electrons. The van der Waals surface area contributed by atoms with Crippen molar-refractivity contribution in [2.45, 2.75) is 70.8 Å². The Labute approximate surface area is 275 Å². The number of aromatic nitrogens is 4. The first-order valence-corrected chi connectivity index (χ1v) is 16.2. The van der Waals surface area contributed by atoms with Crippen molar-refractivity contribution < 1.29 is 14.3 Å². The van der Waals surface area contributed by atoms with Gasteiger partial charge >= 0.3 is 6.09 Å². The van der Waals surface area contributed by atoms with Gasteiger partial charge in [0.2, 0.25) is 5.88 Å². The summed E-state index contributed by atoms with van der Waals surface area (Å²) < 4.78 is 12.6. The first-order valence-electron chi connectivity index (χ1n) is 16.2. The van der Waals surface area contributed by atoms with Crippen molar-refractivity contribution in [3.8, 4) is 23.1 Å². The minimum absolute atomic E-state index is 0.124. The maximum Gasteiger partial charge on any atom is 0.410 e. The minimum Gasteiger partial charge on any atom is -0.481 e. The Bertz CT molecular complexity index is 1860. The topological polar surface area (TPSA) is 112 Å². The van der Waals surface area contributed by atoms with Crippen LogP contribution >= 0.6 is 0 Å². The predicted octanol–water partition coefficient (Wildman–Crippen LogP) is 5.55. The number of pyridine rings is 3. The number of ether oxygens (including phenoxy) is 2. The molecule has 11 heteroatoms. The van der Waals surface area contributed by atoms with Crippen LogP contribution in [0.15, 0.2) is 61.2 Å². The SMILES string of the molecule is COc1ccc(CN2C3CC2CN(c2ccc(-c4cc(C5=CC(C)N(C(=O)OC(C)(C)C)CC5)cn5ncc(C#N)c45)cn2)C3)cn1. The van der Waals surface area contributed by atoms with Crippen molar-refractivity contribution >= 4 is 23.0 Å². The second-order valence-electron chi connectivity index (χ2n) is 13.7. The normalized spacial score (nSPS) is 21.2. The van der Waals surface area contributed by atoms with Gasteiger partial charge in [-0.15, -0.1) is 0 Å². The molecular formula is C36H40N8O3. The smallest absolute Gasteiger partial charge is 0.410 e. The summed E-state index contributed by atoms with van der Waals surface area (Å²) in [6.45, 7) is 11.0. The molecular weight excluding hydrogens is 592 g/mol. The average Bonchev–Trinajstić information content (AvgIpc) is 3.49. The maximum atomic E-state index is 12.8. The van der Waals surface area contributed by atoms with E-state index in [1.807, 2.05) is 52.4 Å². The van der Waals surface area contributed by atoms with Crippen molar-refractivity contribution in [3.63, 3.8) is 0 Å². The van der Waals surface area contributed by atoms with E-state index in [1.54, 1.807) is 22.7 Å². The summed E-state index contributed by atoms with van der Waals surface area (Å²) in [6, 6.07) is 13.5. The van der Waals surface area contributed by atoms with Crippen LogP contribution in [0.25, 0.3) is 22.2 Å². The molecule has 4 aromatic heterocycles. The molecule has 1 amide bonds. The van der Waals surface area contributed by atoms with Gasteiger partial charge in [-0.05, 0) is 75.4 Å². The van der Waals surface area contributed by atoms with E-state index in [2.05, 4.69) is 56.3 Å². The third kappa shape index (κ3) is 6.01. The molecule has 3 unspecified atom stereocenters. The van der Waals surface area contributed by atoms with Gasteiger partial charge in [0.25, 0.3) is 0 Å². The van der Waals surface area contributed by atoms with E-state index in [4.69, 9.17) is 14.5 Å². The number of piperidine rings is 1. The van der Waals surface area contributed by atoms with Gasteiger partial charge in [-0.3, -0.25) is 4.90 Å². The molecule has 4 aromatic rings. The summed E-state index contributed by atoms with van der Waals surface area (Å²) in [4.78, 5) is 28.8. The summed E-state index contributed by atoms with van der Waals surface area (Å²) in [5.74, 6) is 1.59. The number of nitrogens with zero attached hydrogens (tertiary/aromatic N) is 8. The summed E-state index contributed by atoms with van der Waals surface area (Å²) in [5.41, 5.74) is 5.88. The highest BCUT2D eigenvalue weighted by Gasteiger charge is 2.44. The third-order valence-electron chi connectivity index (χ3n) is 9.39. The Balaban J connectivity index is 1.10. The van der Waals surface area contributed by atoms with Gasteiger partial charge in [-0.2, -0.15) is 10.4 Å². The monoisotopic (exact) mass is 632 g/mol. The Morgan fingerprint density at radius 3 is 2.51 bits per heavy atom. The summed E-state index contributed by atoms with van der Waals surface area (Å²) in [6.07, 6.45) is 11.1. The van der Waals surface area contributed by atoms with Gasteiger partial charge in [0.1, 0.15) is 17.5 Å². The number of piperazine rings is 1. The molecule has 8 heterocycles. The van der Waals surface area contributed by atoms with Crippen LogP contribution in [-0.4, -0.2) is 85.9 Å². The number of carbonyl (C=O) groups is 1. The third-order valence-corrected chi connectivity index (χ3v) is 9.39. The fourth-order valence-corrected chi connectivity index (χ4v) is 7.03. The van der Waals surface area contributed by atoms with Gasteiger partial charge in [-0.25, -0.2) is 19.3 Å². The first-order chi connectivity index (χ1) is 22.6. The molecule has 0 aliphatic carbocycles. The maximum absolute atomic E-state index is 12.8. The van der Waals surface area contributed by atoms with Crippen LogP contribution in [0.2, 0.25) is 0 Å². The van der Waals surface area contributed by atoms with Crippen LogP contribution in [0, 0.1) is 11.3 Å². The highest BCUT2D eigenvalue weighted by Crippen LogP contribution is 2.37. The van der Waals surface area contributed by atoms with Crippen LogP contribution in [0.3, 0.4) is 0 Å². The van der Waals surface area contributed by atoms with Gasteiger partial charge < -0.3 is 19.3 Å². The van der Waals surface area contributed by atoms with Crippen molar-refractivity contribution in [1.29, 1.82) is 5.26 Å². The number of fused-ring (bicyclic) bond motifs is 3. The number of rotatable bonds is 6. The lowest BCUT2D eigenvalue weighted by Gasteiger charge is -2.56. The molecule has 11 nitrogen and oxygen atoms in total. The Morgan fingerprint density at radius 2 is 1.87 bits per heavy atom. The fourth-order valence-electron chi connectivity index (χ4n) is 7.03. The van der Waals surface area contributed by atoms with Gasteiger partial charge in [0, 0.05) is 74.0 Å². The molecule has 8 rings (SSSR count). The van der Waals surface area contributed by atoms with Crippen molar-refractivity contribution in [3.05, 3.63) is 77.9 Å². The van der Waals surface area contributed by atoms with Crippen LogP contribution in [-0.2, 0) is 11.3 Å². The number of anilines is 1. The second kappa shape index (κ2) is 12.0. The zero-order chi connectivity index (χ0) is 32.9. The molecule has 0 aromatic carbocycles. The summed E-state index contributed by atoms with van der Waals surface area (Å²) in [5, 5.41) is 14.4. The number of amides is 1. The number of hydrogen-bond acceptors (Lipinski definition) is 9. The Kier molecular flexibility index (Phi) is 7.84. The van der Waals surface area contributed by atoms with Crippen LogP contribution in [0.1, 0.15) is 57.2 Å². The van der Waals surface area contributed by atoms with Crippen LogP contribution in [0.4, 0.5) is 10.6 Å². The summed E-state index contributed by atoms with van der Waals surface area (Å²) >= 11 is 0. The predicted molar refractivity (Wildman–Crippen MR) is 179 cm³/mol. The zero-order valence-corrected chi connectivity index (χ0v) is 27.6. The van der Waals surface area contributed by atoms with E-state index in [0.717, 1.165) is 53.2 Å². The fraction of sp³-hybridized carbons (Fsp3) is 0.417. The lowest BCUT2D eigenvalue weighted by Crippen LogP contribution is -2.68. The largest absolute Gasteiger partial charge is 0.481 e. The average molecular weight is 633 g/mol. The van der Waals surface area contributed by atoms with E-state index in [0.29, 0.717) is 36.5 Å². The molecule has 2 bridgehead atoms. The molecule has 0 spiro atoms. The molecule has 4 aliphatic heterocycles. The van der Waals surface area contributed by atoms with Crippen molar-refractivity contribution in [2.75, 3.05) is 31.6 Å². The van der Waals surface area contributed by atoms with Gasteiger partial charge in [0.15, 0.2) is 0 Å². The summed E-state index contributed by atoms with van der Waals surface area (Å²) in [7, 11) is 1.63. The van der Waals surface area contributed by atoms with Crippen molar-refractivity contribution in [1.82, 2.24) is 29.4 Å². The number of carbonyl (C=O) groups excluding carboxylic acids is 1. The number of nitriles is 1. The van der Waals surface area contributed by atoms with Crippen molar-refractivity contribution in [2.24, 2.45) is 0 Å². The van der Waals surface area contributed by atoms with E-state index in [9.17, 15) is 10.1 Å². The molecule has 3 saturated heterocycles. The quantitative estimate of drug-likeness (QED) is 0.270. The number of hydrogen-bond donors (Lipinski definition) is 0. The molecule has 47 heavy (non-hydrogen) atoms. The molecule has 0 N–H and O–H groups in total. The van der Waals surface area contributed by atoms with Gasteiger partial charge in [0.05, 0.1) is 30.4 Å². The lowest BCUT2D eigenvalue weighted by molar-refractivity contribution is -0.00876. The molecule has 0 saturated carbocycles. The van der Waals surface area contributed by atoms with Gasteiger partial charge in [-0.1, -0.05) is 12.1 Å². The van der Waals surface area contributed by atoms with E-state index >= 15 is 0 Å². The standard InChI is InChI=1S/C36H40N8O3/c1-23-12-25(10-11-42(23)35(45)47-36(2,3)4)27-13-31(34-28(15-37)18-40-44(34)20-27)26-7-8-32(38-17-26)41-21-29-14-30(22-41)43(29)19-24-6-9-33(46-5)39-16-24/h6-9,12-13,16-18,20,23,29-30H,10-11,14,19,21-22H2,1-5H3. The van der Waals surface area contributed by atoms with Crippen LogP contribution in [0.5, 0.6) is 5.88 Å². The Morgan fingerprint density at radius 1 is 1.06 bits per heavy atom. The minimum atomic E-state index is -0.548. The molecule has 3 atom stereocenters. The highest BCUT2D eigenvalue weighted by molar-refractivity contribution is 5.87. The first kappa shape index (κ1) is 30.7. The molecule has 4 aliphatic rings. The Hall–Kier alpha value is -4.95. The zero-order valence-electron chi connectivity index (χ0n) is 27.6. The van der Waals surface area contributed by atoms with E-state index in [-0.39, 0.29) is 12.1 Å². The molecule has 3 fully saturated rings. The number of methoxy groups -OCH3 is 1. The second-order valence-corrected chi connectivity index (χ2v) is 13.7. The lowest BCUT2D eigenvalue weighted by atomic mass is 9.87. The van der Waals surface area contributed by atoms with Crippen LogP contribution < -0.4 is 9.64 Å². The van der Waals surface area contributed by atoms with E-state index < -0.39 is 5.60 Å². The molecule has 0 radical (unpaired) electrons. The highest BCUT2D eigenvalue weighted by atomic mass is 16.6. The van der Waals surface area contributed by atoms with E-state index in [1.165, 1.54) is 12.0 Å².